The van der Waals surface area contributed by atoms with Crippen molar-refractivity contribution in [1.82, 2.24) is 15.2 Å². The van der Waals surface area contributed by atoms with E-state index in [2.05, 4.69) is 10.6 Å². The first kappa shape index (κ1) is 19.5. The number of hydrogen-bond acceptors (Lipinski definition) is 3. The fraction of sp³-hybridized carbons (Fsp3) is 0.333. The summed E-state index contributed by atoms with van der Waals surface area (Å²) in [5.74, 6) is -0.156. The van der Waals surface area contributed by atoms with Crippen molar-refractivity contribution in [2.24, 2.45) is 0 Å². The van der Waals surface area contributed by atoms with Crippen LogP contribution in [0.2, 0.25) is 5.02 Å². The second kappa shape index (κ2) is 9.04. The normalized spacial score (nSPS) is 16.8. The Bertz CT molecular complexity index is 786. The monoisotopic (exact) mass is 381 g/mol. The number of nitrogens with zero attached hydrogens (tertiary/aromatic N) is 1. The first-order valence-electron chi connectivity index (χ1n) is 8.09. The fourth-order valence-electron chi connectivity index (χ4n) is 2.84. The third kappa shape index (κ3) is 5.08. The summed E-state index contributed by atoms with van der Waals surface area (Å²) < 4.78 is 1.51. The highest BCUT2D eigenvalue weighted by Crippen LogP contribution is 2.15. The van der Waals surface area contributed by atoms with Crippen LogP contribution in [0.25, 0.3) is 0 Å². The number of benzene rings is 1. The van der Waals surface area contributed by atoms with Crippen LogP contribution in [0.5, 0.6) is 0 Å². The maximum absolute atomic E-state index is 12.4. The van der Waals surface area contributed by atoms with Gasteiger partial charge in [-0.05, 0) is 37.1 Å². The molecule has 5 nitrogen and oxygen atoms in total. The summed E-state index contributed by atoms with van der Waals surface area (Å²) in [4.78, 5) is 24.5. The summed E-state index contributed by atoms with van der Waals surface area (Å²) in [5, 5.41) is 6.88. The number of halogens is 2. The highest BCUT2D eigenvalue weighted by atomic mass is 35.5. The summed E-state index contributed by atoms with van der Waals surface area (Å²) in [6, 6.07) is 10.5. The van der Waals surface area contributed by atoms with E-state index in [4.69, 9.17) is 11.6 Å². The predicted molar refractivity (Wildman–Crippen MR) is 102 cm³/mol. The van der Waals surface area contributed by atoms with Crippen LogP contribution in [0, 0.1) is 0 Å². The Morgan fingerprint density at radius 1 is 1.28 bits per heavy atom. The SMILES string of the molecule is Cl.O=C(NC1CCCNC1)c1ccc(=O)n(Cc2ccccc2Cl)c1. The number of rotatable bonds is 4. The van der Waals surface area contributed by atoms with Crippen LogP contribution in [0.1, 0.15) is 28.8 Å². The van der Waals surface area contributed by atoms with Crippen molar-refractivity contribution < 1.29 is 4.79 Å². The molecular weight excluding hydrogens is 361 g/mol. The van der Waals surface area contributed by atoms with Crippen molar-refractivity contribution in [3.63, 3.8) is 0 Å². The zero-order valence-electron chi connectivity index (χ0n) is 13.7. The van der Waals surface area contributed by atoms with Gasteiger partial charge in [-0.2, -0.15) is 0 Å². The van der Waals surface area contributed by atoms with E-state index < -0.39 is 0 Å². The van der Waals surface area contributed by atoms with Crippen molar-refractivity contribution in [2.45, 2.75) is 25.4 Å². The van der Waals surface area contributed by atoms with Crippen LogP contribution in [0.3, 0.4) is 0 Å². The Morgan fingerprint density at radius 3 is 2.80 bits per heavy atom. The number of pyridine rings is 1. The van der Waals surface area contributed by atoms with Crippen LogP contribution in [-0.2, 0) is 6.54 Å². The van der Waals surface area contributed by atoms with Crippen molar-refractivity contribution in [1.29, 1.82) is 0 Å². The molecule has 1 aromatic carbocycles. The van der Waals surface area contributed by atoms with Gasteiger partial charge in [0, 0.05) is 29.9 Å². The molecule has 2 aromatic rings. The number of carbonyl (C=O) groups excluding carboxylic acids is 1. The molecule has 134 valence electrons. The minimum absolute atomic E-state index is 0. The molecule has 0 aliphatic carbocycles. The lowest BCUT2D eigenvalue weighted by molar-refractivity contribution is 0.0930. The van der Waals surface area contributed by atoms with Crippen LogP contribution >= 0.6 is 24.0 Å². The molecule has 0 saturated carbocycles. The van der Waals surface area contributed by atoms with Gasteiger partial charge in [0.1, 0.15) is 0 Å². The van der Waals surface area contributed by atoms with E-state index in [9.17, 15) is 9.59 Å². The van der Waals surface area contributed by atoms with E-state index in [1.54, 1.807) is 18.3 Å². The molecule has 7 heteroatoms. The Kier molecular flexibility index (Phi) is 7.05. The van der Waals surface area contributed by atoms with Gasteiger partial charge in [0.25, 0.3) is 11.5 Å². The van der Waals surface area contributed by atoms with Gasteiger partial charge in [-0.25, -0.2) is 0 Å². The summed E-state index contributed by atoms with van der Waals surface area (Å²) in [7, 11) is 0. The van der Waals surface area contributed by atoms with Crippen LogP contribution in [0.4, 0.5) is 0 Å². The van der Waals surface area contributed by atoms with Crippen molar-refractivity contribution >= 4 is 29.9 Å². The molecule has 1 unspecified atom stereocenters. The molecule has 1 atom stereocenters. The molecule has 2 N–H and O–H groups in total. The van der Waals surface area contributed by atoms with E-state index in [1.807, 2.05) is 18.2 Å². The van der Waals surface area contributed by atoms with Gasteiger partial charge in [0.15, 0.2) is 0 Å². The Labute approximate surface area is 157 Å². The maximum Gasteiger partial charge on any atom is 0.253 e. The van der Waals surface area contributed by atoms with Gasteiger partial charge < -0.3 is 15.2 Å². The molecule has 3 rings (SSSR count). The first-order chi connectivity index (χ1) is 11.6. The van der Waals surface area contributed by atoms with Gasteiger partial charge >= 0.3 is 0 Å². The van der Waals surface area contributed by atoms with Crippen LogP contribution in [0.15, 0.2) is 47.4 Å². The van der Waals surface area contributed by atoms with Crippen LogP contribution < -0.4 is 16.2 Å². The molecule has 0 spiro atoms. The lowest BCUT2D eigenvalue weighted by Gasteiger charge is -2.23. The lowest BCUT2D eigenvalue weighted by Crippen LogP contribution is -2.45. The Hall–Kier alpha value is -1.82. The largest absolute Gasteiger partial charge is 0.348 e. The highest BCUT2D eigenvalue weighted by molar-refractivity contribution is 6.31. The molecule has 1 aromatic heterocycles. The van der Waals surface area contributed by atoms with Crippen molar-refractivity contribution in [3.8, 4) is 0 Å². The average Bonchev–Trinajstić information content (AvgIpc) is 2.59. The molecular formula is C18H21Cl2N3O2. The minimum atomic E-state index is -0.161. The quantitative estimate of drug-likeness (QED) is 0.854. The molecule has 0 bridgehead atoms. The molecule has 25 heavy (non-hydrogen) atoms. The smallest absolute Gasteiger partial charge is 0.253 e. The molecule has 0 radical (unpaired) electrons. The average molecular weight is 382 g/mol. The third-order valence-corrected chi connectivity index (χ3v) is 4.55. The van der Waals surface area contributed by atoms with Gasteiger partial charge in [-0.1, -0.05) is 29.8 Å². The van der Waals surface area contributed by atoms with Gasteiger partial charge in [-0.15, -0.1) is 12.4 Å². The Balaban J connectivity index is 0.00000225. The molecule has 2 heterocycles. The minimum Gasteiger partial charge on any atom is -0.348 e. The number of piperidine rings is 1. The van der Waals surface area contributed by atoms with Gasteiger partial charge in [-0.3, -0.25) is 9.59 Å². The zero-order chi connectivity index (χ0) is 16.9. The van der Waals surface area contributed by atoms with E-state index in [0.717, 1.165) is 31.5 Å². The standard InChI is InChI=1S/C18H20ClN3O2.ClH/c19-16-6-2-1-4-13(16)11-22-12-14(7-8-17(22)23)18(24)21-15-5-3-9-20-10-15;/h1-2,4,6-8,12,15,20H,3,5,9-11H2,(H,21,24);1H. The summed E-state index contributed by atoms with van der Waals surface area (Å²) >= 11 is 6.16. The number of nitrogens with one attached hydrogen (secondary N) is 2. The van der Waals surface area contributed by atoms with Gasteiger partial charge in [0.2, 0.25) is 0 Å². The van der Waals surface area contributed by atoms with E-state index in [0.29, 0.717) is 17.1 Å². The molecule has 1 aliphatic heterocycles. The first-order valence-corrected chi connectivity index (χ1v) is 8.47. The Morgan fingerprint density at radius 2 is 2.08 bits per heavy atom. The van der Waals surface area contributed by atoms with Gasteiger partial charge in [0.05, 0.1) is 12.1 Å². The number of amides is 1. The molecule has 1 saturated heterocycles. The summed E-state index contributed by atoms with van der Waals surface area (Å²) in [6.07, 6.45) is 3.62. The summed E-state index contributed by atoms with van der Waals surface area (Å²) in [6.45, 7) is 2.12. The number of hydrogen-bond donors (Lipinski definition) is 2. The van der Waals surface area contributed by atoms with Crippen LogP contribution in [-0.4, -0.2) is 29.6 Å². The molecule has 1 fully saturated rings. The summed E-state index contributed by atoms with van der Waals surface area (Å²) in [5.41, 5.74) is 1.16. The van der Waals surface area contributed by atoms with E-state index in [-0.39, 0.29) is 29.9 Å². The topological polar surface area (TPSA) is 63.1 Å². The zero-order valence-corrected chi connectivity index (χ0v) is 15.3. The second-order valence-electron chi connectivity index (χ2n) is 5.99. The van der Waals surface area contributed by atoms with Crippen molar-refractivity contribution in [3.05, 3.63) is 69.1 Å². The molecule has 1 aliphatic rings. The second-order valence-corrected chi connectivity index (χ2v) is 6.40. The fourth-order valence-corrected chi connectivity index (χ4v) is 3.04. The van der Waals surface area contributed by atoms with E-state index in [1.165, 1.54) is 10.6 Å². The number of carbonyl (C=O) groups is 1. The molecule has 1 amide bonds. The number of aromatic nitrogens is 1. The third-order valence-electron chi connectivity index (χ3n) is 4.18. The highest BCUT2D eigenvalue weighted by Gasteiger charge is 2.17. The lowest BCUT2D eigenvalue weighted by atomic mass is 10.1. The van der Waals surface area contributed by atoms with E-state index >= 15 is 0 Å². The maximum atomic E-state index is 12.4. The predicted octanol–water partition coefficient (Wildman–Crippen LogP) is 2.45. The van der Waals surface area contributed by atoms with Crippen molar-refractivity contribution in [2.75, 3.05) is 13.1 Å².